The lowest BCUT2D eigenvalue weighted by atomic mass is 9.97. The van der Waals surface area contributed by atoms with Gasteiger partial charge in [-0.2, -0.15) is 0 Å². The molecule has 1 aromatic heterocycles. The van der Waals surface area contributed by atoms with E-state index in [1.165, 1.54) is 4.90 Å². The number of furan rings is 1. The van der Waals surface area contributed by atoms with E-state index in [0.717, 1.165) is 4.47 Å². The molecule has 2 heterocycles. The van der Waals surface area contributed by atoms with Gasteiger partial charge in [0.1, 0.15) is 29.1 Å². The number of ether oxygens (including phenoxy) is 1. The molecule has 1 saturated heterocycles. The van der Waals surface area contributed by atoms with Gasteiger partial charge in [-0.15, -0.1) is 0 Å². The smallest absolute Gasteiger partial charge is 0.300 e. The monoisotopic (exact) mass is 481 g/mol. The molecule has 1 atom stereocenters. The number of hydrogen-bond donors (Lipinski definition) is 1. The Bertz CT molecular complexity index is 1230. The third-order valence-electron chi connectivity index (χ3n) is 5.25. The van der Waals surface area contributed by atoms with E-state index in [9.17, 15) is 14.7 Å². The van der Waals surface area contributed by atoms with Crippen LogP contribution in [0.4, 0.5) is 5.69 Å². The fourth-order valence-electron chi connectivity index (χ4n) is 3.77. The van der Waals surface area contributed by atoms with Crippen LogP contribution in [-0.2, 0) is 9.59 Å². The van der Waals surface area contributed by atoms with E-state index in [0.29, 0.717) is 34.1 Å². The Labute approximate surface area is 187 Å². The number of rotatable bonds is 4. The van der Waals surface area contributed by atoms with Crippen LogP contribution in [0.1, 0.15) is 28.7 Å². The van der Waals surface area contributed by atoms with Crippen LogP contribution in [-0.4, -0.2) is 23.9 Å². The highest BCUT2D eigenvalue weighted by Crippen LogP contribution is 2.43. The van der Waals surface area contributed by atoms with E-state index in [1.807, 2.05) is 6.07 Å². The minimum atomic E-state index is -0.899. The Hall–Kier alpha value is -3.32. The average molecular weight is 482 g/mol. The van der Waals surface area contributed by atoms with Crippen molar-refractivity contribution in [1.82, 2.24) is 0 Å². The molecule has 1 aliphatic rings. The van der Waals surface area contributed by atoms with E-state index < -0.39 is 17.7 Å². The van der Waals surface area contributed by atoms with Crippen LogP contribution in [0.2, 0.25) is 0 Å². The van der Waals surface area contributed by atoms with Gasteiger partial charge in [-0.25, -0.2) is 0 Å². The number of aliphatic hydroxyl groups is 1. The molecular formula is C24H20BrNO5. The summed E-state index contributed by atoms with van der Waals surface area (Å²) in [6.07, 6.45) is 0. The summed E-state index contributed by atoms with van der Waals surface area (Å²) in [4.78, 5) is 27.6. The minimum absolute atomic E-state index is 0.0207. The lowest BCUT2D eigenvalue weighted by Gasteiger charge is -2.23. The zero-order chi connectivity index (χ0) is 22.3. The van der Waals surface area contributed by atoms with Crippen molar-refractivity contribution in [2.45, 2.75) is 19.9 Å². The first kappa shape index (κ1) is 20.9. The Balaban J connectivity index is 1.94. The number of aryl methyl sites for hydroxylation is 2. The van der Waals surface area contributed by atoms with E-state index >= 15 is 0 Å². The summed E-state index contributed by atoms with van der Waals surface area (Å²) in [5.41, 5.74) is 1.65. The summed E-state index contributed by atoms with van der Waals surface area (Å²) in [5, 5.41) is 11.2. The number of nitrogens with zero attached hydrogens (tertiary/aromatic N) is 1. The number of amides is 1. The number of benzene rings is 2. The predicted molar refractivity (Wildman–Crippen MR) is 120 cm³/mol. The lowest BCUT2D eigenvalue weighted by molar-refractivity contribution is -0.132. The number of ketones is 1. The molecule has 1 unspecified atom stereocenters. The highest BCUT2D eigenvalue weighted by Gasteiger charge is 2.48. The third-order valence-corrected chi connectivity index (χ3v) is 5.74. The molecule has 6 nitrogen and oxygen atoms in total. The molecule has 7 heteroatoms. The summed E-state index contributed by atoms with van der Waals surface area (Å²) in [6.45, 7) is 3.58. The third kappa shape index (κ3) is 3.65. The molecule has 2 aromatic carbocycles. The summed E-state index contributed by atoms with van der Waals surface area (Å²) in [5.74, 6) is -0.103. The van der Waals surface area contributed by atoms with E-state index in [2.05, 4.69) is 15.9 Å². The molecule has 0 spiro atoms. The normalized spacial score (nSPS) is 17.9. The SMILES string of the molecule is COc1ccc(/C(O)=C2/C(=O)C(=O)N(c3cccc(Br)c3)C2c2ccc(C)o2)c(C)c1. The Morgan fingerprint density at radius 2 is 1.87 bits per heavy atom. The zero-order valence-corrected chi connectivity index (χ0v) is 18.8. The van der Waals surface area contributed by atoms with E-state index in [-0.39, 0.29) is 11.3 Å². The fraction of sp³-hybridized carbons (Fsp3) is 0.167. The highest BCUT2D eigenvalue weighted by molar-refractivity contribution is 9.10. The summed E-state index contributed by atoms with van der Waals surface area (Å²) >= 11 is 3.41. The Kier molecular flexibility index (Phi) is 5.45. The van der Waals surface area contributed by atoms with E-state index in [1.54, 1.807) is 69.5 Å². The molecule has 4 rings (SSSR count). The molecule has 0 bridgehead atoms. The summed E-state index contributed by atoms with van der Waals surface area (Å²) in [6, 6.07) is 14.8. The van der Waals surface area contributed by atoms with Gasteiger partial charge in [-0.1, -0.05) is 22.0 Å². The topological polar surface area (TPSA) is 80.0 Å². The summed E-state index contributed by atoms with van der Waals surface area (Å²) < 4.78 is 11.8. The second-order valence-corrected chi connectivity index (χ2v) is 8.19. The molecule has 1 N–H and O–H groups in total. The van der Waals surface area contributed by atoms with Gasteiger partial charge in [0.2, 0.25) is 0 Å². The second-order valence-electron chi connectivity index (χ2n) is 7.28. The maximum absolute atomic E-state index is 13.1. The van der Waals surface area contributed by atoms with Gasteiger partial charge < -0.3 is 14.3 Å². The first-order valence-electron chi connectivity index (χ1n) is 9.59. The van der Waals surface area contributed by atoms with Gasteiger partial charge in [-0.05, 0) is 67.9 Å². The van der Waals surface area contributed by atoms with Crippen LogP contribution >= 0.6 is 15.9 Å². The molecule has 1 aliphatic heterocycles. The van der Waals surface area contributed by atoms with Crippen molar-refractivity contribution in [3.63, 3.8) is 0 Å². The number of halogens is 1. The molecule has 158 valence electrons. The van der Waals surface area contributed by atoms with Gasteiger partial charge in [0, 0.05) is 15.7 Å². The predicted octanol–water partition coefficient (Wildman–Crippen LogP) is 5.29. The second kappa shape index (κ2) is 8.07. The number of aliphatic hydroxyl groups excluding tert-OH is 1. The molecule has 0 aliphatic carbocycles. The molecule has 1 amide bonds. The van der Waals surface area contributed by atoms with E-state index in [4.69, 9.17) is 9.15 Å². The van der Waals surface area contributed by atoms with Gasteiger partial charge in [0.25, 0.3) is 11.7 Å². The van der Waals surface area contributed by atoms with Crippen LogP contribution in [0.3, 0.4) is 0 Å². The van der Waals surface area contributed by atoms with Crippen LogP contribution in [0, 0.1) is 13.8 Å². The number of anilines is 1. The van der Waals surface area contributed by atoms with Crippen molar-refractivity contribution < 1.29 is 23.8 Å². The number of carbonyl (C=O) groups excluding carboxylic acids is 2. The Morgan fingerprint density at radius 3 is 2.48 bits per heavy atom. The average Bonchev–Trinajstić information content (AvgIpc) is 3.28. The van der Waals surface area contributed by atoms with Crippen LogP contribution in [0.5, 0.6) is 5.75 Å². The maximum atomic E-state index is 13.1. The number of hydrogen-bond acceptors (Lipinski definition) is 5. The van der Waals surface area contributed by atoms with Crippen molar-refractivity contribution in [2.24, 2.45) is 0 Å². The highest BCUT2D eigenvalue weighted by atomic mass is 79.9. The standard InChI is InChI=1S/C24H20BrNO5/c1-13-11-17(30-3)8-9-18(13)22(27)20-21(19-10-7-14(2)31-19)26(24(29)23(20)28)16-6-4-5-15(25)12-16/h4-12,21,27H,1-3H3/b22-20-. The van der Waals surface area contributed by atoms with Crippen molar-refractivity contribution in [3.8, 4) is 5.75 Å². The largest absolute Gasteiger partial charge is 0.507 e. The Morgan fingerprint density at radius 1 is 1.10 bits per heavy atom. The van der Waals surface area contributed by atoms with Gasteiger partial charge in [0.15, 0.2) is 0 Å². The molecule has 1 fully saturated rings. The molecule has 3 aromatic rings. The zero-order valence-electron chi connectivity index (χ0n) is 17.2. The minimum Gasteiger partial charge on any atom is -0.507 e. The van der Waals surface area contributed by atoms with Crippen molar-refractivity contribution in [2.75, 3.05) is 12.0 Å². The quantitative estimate of drug-likeness (QED) is 0.311. The first-order chi connectivity index (χ1) is 14.8. The molecule has 0 radical (unpaired) electrons. The number of methoxy groups -OCH3 is 1. The number of carbonyl (C=O) groups is 2. The van der Waals surface area contributed by atoms with Crippen LogP contribution < -0.4 is 9.64 Å². The fourth-order valence-corrected chi connectivity index (χ4v) is 4.16. The summed E-state index contributed by atoms with van der Waals surface area (Å²) in [7, 11) is 1.55. The van der Waals surface area contributed by atoms with Crippen molar-refractivity contribution in [1.29, 1.82) is 0 Å². The van der Waals surface area contributed by atoms with Gasteiger partial charge in [-0.3, -0.25) is 14.5 Å². The number of Topliss-reactive ketones (excluding diaryl/α,β-unsaturated/α-hetero) is 1. The molecular weight excluding hydrogens is 462 g/mol. The van der Waals surface area contributed by atoms with Crippen molar-refractivity contribution in [3.05, 3.63) is 87.3 Å². The van der Waals surface area contributed by atoms with Crippen molar-refractivity contribution >= 4 is 39.1 Å². The molecule has 31 heavy (non-hydrogen) atoms. The molecule has 0 saturated carbocycles. The maximum Gasteiger partial charge on any atom is 0.300 e. The first-order valence-corrected chi connectivity index (χ1v) is 10.4. The van der Waals surface area contributed by atoms with Crippen LogP contribution in [0.15, 0.2) is 69.1 Å². The van der Waals surface area contributed by atoms with Gasteiger partial charge >= 0.3 is 0 Å². The lowest BCUT2D eigenvalue weighted by Crippen LogP contribution is -2.29. The van der Waals surface area contributed by atoms with Gasteiger partial charge in [0.05, 0.1) is 12.7 Å². The van der Waals surface area contributed by atoms with Crippen LogP contribution in [0.25, 0.3) is 5.76 Å².